The van der Waals surface area contributed by atoms with Gasteiger partial charge in [-0.3, -0.25) is 0 Å². The number of halogens is 2. The number of ether oxygens (including phenoxy) is 4. The molecule has 4 aromatic carbocycles. The van der Waals surface area contributed by atoms with Crippen molar-refractivity contribution in [2.45, 2.75) is 72.3 Å². The zero-order chi connectivity index (χ0) is 36.0. The van der Waals surface area contributed by atoms with Crippen molar-refractivity contribution in [1.82, 2.24) is 0 Å². The van der Waals surface area contributed by atoms with E-state index >= 15 is 8.78 Å². The number of esters is 2. The second-order valence-electron chi connectivity index (χ2n) is 12.6. The van der Waals surface area contributed by atoms with Crippen LogP contribution in [0.3, 0.4) is 0 Å². The molecule has 0 aliphatic heterocycles. The van der Waals surface area contributed by atoms with Crippen LogP contribution in [0, 0.1) is 11.6 Å². The summed E-state index contributed by atoms with van der Waals surface area (Å²) in [4.78, 5) is 24.7. The summed E-state index contributed by atoms with van der Waals surface area (Å²) < 4.78 is 86.7. The standard InChI is InChI=1S/C36H38F2O9S2/c1-35(2,3)45-32(39)23-43-25-20-21-31(30(22-25)44-24-33(40)46-36(4,5)6)48(26-14-9-7-10-15-26,27-16-11-8-12-17-27)47-49(41,42)34-28(37)18-13-19-29(34)38/h7-22H,23-24H2,1-6H3. The Morgan fingerprint density at radius 3 is 1.57 bits per heavy atom. The molecule has 0 aromatic heterocycles. The highest BCUT2D eigenvalue weighted by Crippen LogP contribution is 2.72. The van der Waals surface area contributed by atoms with Crippen LogP contribution < -0.4 is 9.47 Å². The fourth-order valence-corrected chi connectivity index (χ4v) is 9.97. The molecule has 0 saturated carbocycles. The van der Waals surface area contributed by atoms with Gasteiger partial charge in [-0.15, -0.1) is 0 Å². The zero-order valence-electron chi connectivity index (χ0n) is 27.9. The van der Waals surface area contributed by atoms with E-state index in [1.54, 1.807) is 102 Å². The monoisotopic (exact) mass is 716 g/mol. The largest absolute Gasteiger partial charge is 0.482 e. The molecule has 0 amide bonds. The van der Waals surface area contributed by atoms with Crippen LogP contribution in [0.25, 0.3) is 0 Å². The van der Waals surface area contributed by atoms with Crippen molar-refractivity contribution in [3.8, 4) is 11.5 Å². The molecule has 0 aliphatic rings. The number of rotatable bonds is 12. The van der Waals surface area contributed by atoms with E-state index in [9.17, 15) is 18.0 Å². The summed E-state index contributed by atoms with van der Waals surface area (Å²) in [5, 5.41) is 0. The second kappa shape index (κ2) is 15.0. The first-order chi connectivity index (χ1) is 22.9. The van der Waals surface area contributed by atoms with E-state index in [0.29, 0.717) is 9.79 Å². The van der Waals surface area contributed by atoms with Crippen LogP contribution in [0.4, 0.5) is 8.78 Å². The van der Waals surface area contributed by atoms with Crippen molar-refractivity contribution in [1.29, 1.82) is 0 Å². The van der Waals surface area contributed by atoms with Crippen molar-refractivity contribution < 1.29 is 49.4 Å². The summed E-state index contributed by atoms with van der Waals surface area (Å²) >= 11 is 0. The molecule has 0 aliphatic carbocycles. The maximum Gasteiger partial charge on any atom is 0.344 e. The minimum Gasteiger partial charge on any atom is -0.482 e. The fourth-order valence-electron chi connectivity index (χ4n) is 4.57. The average Bonchev–Trinajstić information content (AvgIpc) is 3.01. The van der Waals surface area contributed by atoms with Gasteiger partial charge in [-0.25, -0.2) is 22.0 Å². The predicted octanol–water partition coefficient (Wildman–Crippen LogP) is 8.01. The van der Waals surface area contributed by atoms with Crippen LogP contribution in [0.15, 0.2) is 117 Å². The Bertz CT molecular complexity index is 1830. The molecule has 0 saturated heterocycles. The molecule has 13 heteroatoms. The highest BCUT2D eigenvalue weighted by Gasteiger charge is 2.42. The Morgan fingerprint density at radius 2 is 1.10 bits per heavy atom. The van der Waals surface area contributed by atoms with Crippen LogP contribution in [0.5, 0.6) is 11.5 Å². The zero-order valence-corrected chi connectivity index (χ0v) is 29.5. The van der Waals surface area contributed by atoms with Crippen LogP contribution in [-0.4, -0.2) is 44.8 Å². The van der Waals surface area contributed by atoms with E-state index in [-0.39, 0.29) is 16.4 Å². The van der Waals surface area contributed by atoms with E-state index in [2.05, 4.69) is 0 Å². The van der Waals surface area contributed by atoms with Crippen molar-refractivity contribution >= 4 is 32.4 Å². The number of carbonyl (C=O) groups is 2. The molecule has 49 heavy (non-hydrogen) atoms. The lowest BCUT2D eigenvalue weighted by Crippen LogP contribution is -2.28. The molecule has 0 spiro atoms. The molecule has 0 heterocycles. The summed E-state index contributed by atoms with van der Waals surface area (Å²) in [7, 11) is -8.70. The van der Waals surface area contributed by atoms with Gasteiger partial charge in [-0.2, -0.15) is 8.42 Å². The van der Waals surface area contributed by atoms with Crippen LogP contribution in [0.2, 0.25) is 0 Å². The number of benzene rings is 4. The minimum atomic E-state index is -5.20. The van der Waals surface area contributed by atoms with Gasteiger partial charge in [0.1, 0.15) is 34.3 Å². The molecule has 9 nitrogen and oxygen atoms in total. The maximum absolute atomic E-state index is 15.0. The Hall–Kier alpha value is -4.46. The van der Waals surface area contributed by atoms with Gasteiger partial charge in [0.05, 0.1) is 4.90 Å². The van der Waals surface area contributed by atoms with E-state index in [0.717, 1.165) is 18.2 Å². The molecule has 4 rings (SSSR count). The van der Waals surface area contributed by atoms with E-state index < -0.39 is 73.3 Å². The third kappa shape index (κ3) is 9.58. The molecule has 0 bridgehead atoms. The van der Waals surface area contributed by atoms with Gasteiger partial charge in [0, 0.05) is 15.9 Å². The van der Waals surface area contributed by atoms with Crippen molar-refractivity contribution in [2.24, 2.45) is 0 Å². The van der Waals surface area contributed by atoms with E-state index in [1.807, 2.05) is 0 Å². The van der Waals surface area contributed by atoms with E-state index in [4.69, 9.17) is 22.6 Å². The Kier molecular flexibility index (Phi) is 11.4. The molecular formula is C36H38F2O9S2. The third-order valence-corrected chi connectivity index (χ3v) is 11.5. The average molecular weight is 717 g/mol. The van der Waals surface area contributed by atoms with Gasteiger partial charge in [-0.1, -0.05) is 42.5 Å². The number of hydrogen-bond acceptors (Lipinski definition) is 9. The maximum atomic E-state index is 15.0. The van der Waals surface area contributed by atoms with Gasteiger partial charge < -0.3 is 18.9 Å². The molecule has 0 atom stereocenters. The number of carbonyl (C=O) groups excluding carboxylic acids is 2. The first-order valence-corrected chi connectivity index (χ1v) is 18.0. The molecule has 262 valence electrons. The van der Waals surface area contributed by atoms with Crippen molar-refractivity contribution in [3.63, 3.8) is 0 Å². The summed E-state index contributed by atoms with van der Waals surface area (Å²) in [5.74, 6) is -4.06. The highest BCUT2D eigenvalue weighted by atomic mass is 32.3. The van der Waals surface area contributed by atoms with Crippen molar-refractivity contribution in [2.75, 3.05) is 13.2 Å². The molecule has 0 unspecified atom stereocenters. The summed E-state index contributed by atoms with van der Waals surface area (Å²) in [6, 6.07) is 23.4. The van der Waals surface area contributed by atoms with Crippen LogP contribution >= 0.6 is 10.3 Å². The van der Waals surface area contributed by atoms with Crippen LogP contribution in [0.1, 0.15) is 41.5 Å². The minimum absolute atomic E-state index is 0.0838. The second-order valence-corrected chi connectivity index (χ2v) is 17.0. The third-order valence-electron chi connectivity index (χ3n) is 6.28. The first kappa shape index (κ1) is 37.4. The smallest absolute Gasteiger partial charge is 0.344 e. The van der Waals surface area contributed by atoms with Gasteiger partial charge in [0.15, 0.2) is 18.1 Å². The lowest BCUT2D eigenvalue weighted by Gasteiger charge is -2.40. The quantitative estimate of drug-likeness (QED) is 0.135. The summed E-state index contributed by atoms with van der Waals surface area (Å²) in [6.07, 6.45) is 0. The fraction of sp³-hybridized carbons (Fsp3) is 0.278. The lowest BCUT2D eigenvalue weighted by atomic mass is 10.2. The van der Waals surface area contributed by atoms with Crippen molar-refractivity contribution in [3.05, 3.63) is 109 Å². The Morgan fingerprint density at radius 1 is 0.633 bits per heavy atom. The van der Waals surface area contributed by atoms with Gasteiger partial charge in [0.2, 0.25) is 0 Å². The highest BCUT2D eigenvalue weighted by molar-refractivity contribution is 8.33. The first-order valence-electron chi connectivity index (χ1n) is 15.1. The van der Waals surface area contributed by atoms with E-state index in [1.165, 1.54) is 18.2 Å². The number of hydrogen-bond donors (Lipinski definition) is 0. The normalized spacial score (nSPS) is 12.6. The summed E-state index contributed by atoms with van der Waals surface area (Å²) in [5.41, 5.74) is -1.60. The summed E-state index contributed by atoms with van der Waals surface area (Å²) in [6.45, 7) is 9.08. The molecule has 0 fully saturated rings. The van der Waals surface area contributed by atoms with Gasteiger partial charge >= 0.3 is 22.1 Å². The van der Waals surface area contributed by atoms with Crippen LogP contribution in [-0.2, 0) is 32.8 Å². The topological polar surface area (TPSA) is 114 Å². The molecule has 0 radical (unpaired) electrons. The Balaban J connectivity index is 1.96. The molecule has 4 aromatic rings. The van der Waals surface area contributed by atoms with Gasteiger partial charge in [-0.05, 0) is 100 Å². The predicted molar refractivity (Wildman–Crippen MR) is 179 cm³/mol. The molecule has 0 N–H and O–H groups in total. The Labute approximate surface area is 286 Å². The van der Waals surface area contributed by atoms with Gasteiger partial charge in [0.25, 0.3) is 0 Å². The lowest BCUT2D eigenvalue weighted by molar-refractivity contribution is -0.158. The SMILES string of the molecule is CC(C)(C)OC(=O)COc1ccc(S(OS(=O)(=O)c2c(F)cccc2F)(c2ccccc2)c2ccccc2)c(OCC(=O)OC(C)(C)C)c1. The molecular weight excluding hydrogens is 679 g/mol.